The molecule has 0 saturated carbocycles. The predicted octanol–water partition coefficient (Wildman–Crippen LogP) is 5.17. The van der Waals surface area contributed by atoms with E-state index in [0.717, 1.165) is 31.7 Å². The number of benzene rings is 2. The van der Waals surface area contributed by atoms with Gasteiger partial charge in [0.15, 0.2) is 5.13 Å². The lowest BCUT2D eigenvalue weighted by Gasteiger charge is -2.36. The van der Waals surface area contributed by atoms with Crippen LogP contribution in [0.5, 0.6) is 0 Å². The number of halogens is 1. The van der Waals surface area contributed by atoms with Crippen molar-refractivity contribution in [3.05, 3.63) is 76.0 Å². The van der Waals surface area contributed by atoms with Gasteiger partial charge in [0.2, 0.25) is 11.9 Å². The molecule has 4 aromatic rings. The van der Waals surface area contributed by atoms with E-state index in [4.69, 9.17) is 11.6 Å². The van der Waals surface area contributed by atoms with Crippen molar-refractivity contribution in [1.29, 1.82) is 0 Å². The first-order chi connectivity index (χ1) is 18.0. The number of nitrogens with one attached hydrogen (secondary N) is 2. The molecule has 0 atom stereocenters. The Morgan fingerprint density at radius 2 is 1.76 bits per heavy atom. The molecule has 0 aliphatic carbocycles. The molecule has 0 radical (unpaired) electrons. The van der Waals surface area contributed by atoms with Gasteiger partial charge in [-0.3, -0.25) is 10.1 Å². The van der Waals surface area contributed by atoms with Crippen molar-refractivity contribution >= 4 is 57.2 Å². The molecule has 2 aromatic heterocycles. The third kappa shape index (κ3) is 5.81. The lowest BCUT2D eigenvalue weighted by molar-refractivity contribution is 0.103. The highest BCUT2D eigenvalue weighted by atomic mass is 35.5. The van der Waals surface area contributed by atoms with Gasteiger partial charge in [0.1, 0.15) is 10.7 Å². The first-order valence-electron chi connectivity index (χ1n) is 12.1. The maximum Gasteiger partial charge on any atom is 0.267 e. The summed E-state index contributed by atoms with van der Waals surface area (Å²) in [5, 5.41) is 7.05. The van der Waals surface area contributed by atoms with Crippen LogP contribution in [-0.4, -0.2) is 52.0 Å². The summed E-state index contributed by atoms with van der Waals surface area (Å²) >= 11 is 7.47. The lowest BCUT2D eigenvalue weighted by atomic mass is 10.2. The van der Waals surface area contributed by atoms with Gasteiger partial charge in [0, 0.05) is 38.3 Å². The zero-order valence-corrected chi connectivity index (χ0v) is 22.2. The number of thiazole rings is 1. The Balaban J connectivity index is 1.27. The summed E-state index contributed by atoms with van der Waals surface area (Å²) in [4.78, 5) is 36.0. The number of carbonyl (C=O) groups is 1. The second kappa shape index (κ2) is 11.1. The Kier molecular flexibility index (Phi) is 7.47. The second-order valence-electron chi connectivity index (χ2n) is 8.58. The highest BCUT2D eigenvalue weighted by Gasteiger charge is 2.21. The highest BCUT2D eigenvalue weighted by molar-refractivity contribution is 7.17. The summed E-state index contributed by atoms with van der Waals surface area (Å²) in [5.74, 6) is 1.48. The number of hydrogen-bond acceptors (Lipinski definition) is 9. The fraction of sp³-hybridized carbons (Fsp3) is 0.269. The molecule has 37 heavy (non-hydrogen) atoms. The Hall–Kier alpha value is -3.76. The largest absolute Gasteiger partial charge is 0.368 e. The van der Waals surface area contributed by atoms with Crippen LogP contribution >= 0.6 is 22.9 Å². The van der Waals surface area contributed by atoms with Crippen LogP contribution in [0.25, 0.3) is 0 Å². The number of aromatic nitrogens is 4. The molecule has 0 spiro atoms. The van der Waals surface area contributed by atoms with Crippen molar-refractivity contribution in [2.75, 3.05) is 46.6 Å². The van der Waals surface area contributed by atoms with E-state index in [-0.39, 0.29) is 5.91 Å². The highest BCUT2D eigenvalue weighted by Crippen LogP contribution is 2.28. The van der Waals surface area contributed by atoms with E-state index >= 15 is 0 Å². The number of piperazine rings is 1. The first-order valence-corrected chi connectivity index (χ1v) is 13.3. The van der Waals surface area contributed by atoms with E-state index in [2.05, 4.69) is 64.6 Å². The minimum atomic E-state index is -0.274. The molecule has 9 nitrogen and oxygen atoms in total. The van der Waals surface area contributed by atoms with Crippen LogP contribution in [0.4, 0.5) is 28.4 Å². The SMILES string of the molecule is CCc1nc(Nc2ncc(C(=O)Nc3c(C)cccc3Cl)s2)nc(N2CCN(c3ccccc3)CC2)n1. The Morgan fingerprint density at radius 3 is 2.49 bits per heavy atom. The maximum atomic E-state index is 12.8. The summed E-state index contributed by atoms with van der Waals surface area (Å²) in [6.45, 7) is 7.30. The summed E-state index contributed by atoms with van der Waals surface area (Å²) in [6.07, 6.45) is 2.21. The van der Waals surface area contributed by atoms with Gasteiger partial charge in [-0.1, -0.05) is 60.2 Å². The number of carbonyl (C=O) groups excluding carboxylic acids is 1. The number of aryl methyl sites for hydroxylation is 2. The number of amides is 1. The van der Waals surface area contributed by atoms with Crippen LogP contribution in [0, 0.1) is 6.92 Å². The van der Waals surface area contributed by atoms with Gasteiger partial charge in [-0.05, 0) is 30.7 Å². The van der Waals surface area contributed by atoms with Crippen LogP contribution in [0.2, 0.25) is 5.02 Å². The molecular weight excluding hydrogens is 508 g/mol. The zero-order chi connectivity index (χ0) is 25.8. The van der Waals surface area contributed by atoms with E-state index in [1.54, 1.807) is 6.07 Å². The minimum Gasteiger partial charge on any atom is -0.368 e. The van der Waals surface area contributed by atoms with Gasteiger partial charge < -0.3 is 15.1 Å². The van der Waals surface area contributed by atoms with Gasteiger partial charge in [-0.15, -0.1) is 0 Å². The summed E-state index contributed by atoms with van der Waals surface area (Å²) in [5.41, 5.74) is 2.71. The van der Waals surface area contributed by atoms with Crippen molar-refractivity contribution < 1.29 is 4.79 Å². The van der Waals surface area contributed by atoms with E-state index in [0.29, 0.717) is 44.9 Å². The third-order valence-electron chi connectivity index (χ3n) is 6.08. The van der Waals surface area contributed by atoms with Crippen LogP contribution < -0.4 is 20.4 Å². The van der Waals surface area contributed by atoms with Gasteiger partial charge >= 0.3 is 0 Å². The molecule has 1 fully saturated rings. The molecular formula is C26H27ClN8OS. The monoisotopic (exact) mass is 534 g/mol. The fourth-order valence-electron chi connectivity index (χ4n) is 4.06. The number of para-hydroxylation sites is 2. The Bertz CT molecular complexity index is 1370. The van der Waals surface area contributed by atoms with Crippen molar-refractivity contribution in [3.8, 4) is 0 Å². The molecule has 2 N–H and O–H groups in total. The first kappa shape index (κ1) is 24.9. The van der Waals surface area contributed by atoms with Crippen molar-refractivity contribution in [2.24, 2.45) is 0 Å². The normalized spacial score (nSPS) is 13.5. The zero-order valence-electron chi connectivity index (χ0n) is 20.6. The van der Waals surface area contributed by atoms with Crippen LogP contribution in [-0.2, 0) is 6.42 Å². The van der Waals surface area contributed by atoms with Gasteiger partial charge in [0.25, 0.3) is 5.91 Å². The van der Waals surface area contributed by atoms with Gasteiger partial charge in [0.05, 0.1) is 16.9 Å². The van der Waals surface area contributed by atoms with Crippen molar-refractivity contribution in [3.63, 3.8) is 0 Å². The van der Waals surface area contributed by atoms with Crippen LogP contribution in [0.1, 0.15) is 28.0 Å². The quantitative estimate of drug-likeness (QED) is 0.335. The predicted molar refractivity (Wildman–Crippen MR) is 150 cm³/mol. The third-order valence-corrected chi connectivity index (χ3v) is 7.31. The maximum absolute atomic E-state index is 12.8. The molecule has 3 heterocycles. The molecule has 1 aliphatic heterocycles. The number of anilines is 5. The van der Waals surface area contributed by atoms with E-state index in [9.17, 15) is 4.79 Å². The second-order valence-corrected chi connectivity index (χ2v) is 10.0. The summed E-state index contributed by atoms with van der Waals surface area (Å²) in [7, 11) is 0. The lowest BCUT2D eigenvalue weighted by Crippen LogP contribution is -2.47. The smallest absolute Gasteiger partial charge is 0.267 e. The topological polar surface area (TPSA) is 99.2 Å². The summed E-state index contributed by atoms with van der Waals surface area (Å²) in [6, 6.07) is 15.9. The molecule has 2 aromatic carbocycles. The van der Waals surface area contributed by atoms with Crippen LogP contribution in [0.15, 0.2) is 54.7 Å². The molecule has 1 amide bonds. The molecule has 5 rings (SSSR count). The van der Waals surface area contributed by atoms with Crippen molar-refractivity contribution in [2.45, 2.75) is 20.3 Å². The molecule has 1 saturated heterocycles. The van der Waals surface area contributed by atoms with E-state index in [1.807, 2.05) is 32.0 Å². The van der Waals surface area contributed by atoms with Gasteiger partial charge in [-0.2, -0.15) is 15.0 Å². The number of rotatable bonds is 7. The minimum absolute atomic E-state index is 0.274. The molecule has 190 valence electrons. The Morgan fingerprint density at radius 1 is 1.00 bits per heavy atom. The molecule has 11 heteroatoms. The van der Waals surface area contributed by atoms with Gasteiger partial charge in [-0.25, -0.2) is 4.98 Å². The molecule has 1 aliphatic rings. The average molecular weight is 535 g/mol. The standard InChI is InChI=1S/C26H27ClN8OS/c1-3-21-29-24(32-25(30-21)35-14-12-34(13-15-35)18-9-5-4-6-10-18)33-26-28-16-20(37-26)23(36)31-22-17(2)8-7-11-19(22)27/h4-11,16H,3,12-15H2,1-2H3,(H,31,36)(H,28,29,30,32,33). The molecule has 0 bridgehead atoms. The molecule has 0 unspecified atom stereocenters. The fourth-order valence-corrected chi connectivity index (χ4v) is 5.04. The number of hydrogen-bond donors (Lipinski definition) is 2. The Labute approximate surface area is 224 Å². The number of nitrogens with zero attached hydrogens (tertiary/aromatic N) is 6. The van der Waals surface area contributed by atoms with Crippen molar-refractivity contribution in [1.82, 2.24) is 19.9 Å². The van der Waals surface area contributed by atoms with Crippen LogP contribution in [0.3, 0.4) is 0 Å². The summed E-state index contributed by atoms with van der Waals surface area (Å²) < 4.78 is 0. The van der Waals surface area contributed by atoms with E-state index in [1.165, 1.54) is 23.2 Å². The van der Waals surface area contributed by atoms with E-state index < -0.39 is 0 Å². The average Bonchev–Trinajstić information content (AvgIpc) is 3.39.